The Morgan fingerprint density at radius 1 is 1.52 bits per heavy atom. The summed E-state index contributed by atoms with van der Waals surface area (Å²) in [6.07, 6.45) is 6.12. The van der Waals surface area contributed by atoms with Crippen molar-refractivity contribution < 1.29 is 9.53 Å². The number of likely N-dealkylation sites (tertiary alicyclic amines) is 1. The van der Waals surface area contributed by atoms with Crippen molar-refractivity contribution in [1.29, 1.82) is 0 Å². The fourth-order valence-corrected chi connectivity index (χ4v) is 5.61. The molecule has 3 fully saturated rings. The summed E-state index contributed by atoms with van der Waals surface area (Å²) in [5.41, 5.74) is 1.46. The van der Waals surface area contributed by atoms with Gasteiger partial charge in [0.05, 0.1) is 16.6 Å². The van der Waals surface area contributed by atoms with Crippen LogP contribution in [0.3, 0.4) is 0 Å². The highest BCUT2D eigenvalue weighted by atomic mass is 32.1. The first kappa shape index (κ1) is 17.3. The molecule has 5 heteroatoms. The molecule has 1 amide bonds. The molecule has 2 bridgehead atoms. The van der Waals surface area contributed by atoms with Gasteiger partial charge in [0.25, 0.3) is 5.91 Å². The summed E-state index contributed by atoms with van der Waals surface area (Å²) in [6.45, 7) is 8.37. The molecule has 25 heavy (non-hydrogen) atoms. The van der Waals surface area contributed by atoms with Crippen LogP contribution in [-0.4, -0.2) is 48.7 Å². The van der Waals surface area contributed by atoms with Crippen LogP contribution in [0.2, 0.25) is 0 Å². The zero-order valence-corrected chi connectivity index (χ0v) is 16.0. The first-order chi connectivity index (χ1) is 12.1. The number of hydrogen-bond acceptors (Lipinski definition) is 4. The Bertz CT molecular complexity index is 653. The number of ether oxygens (including phenoxy) is 1. The number of rotatable bonds is 6. The molecule has 1 spiro atoms. The number of nitrogens with one attached hydrogen (secondary N) is 1. The zero-order valence-electron chi connectivity index (χ0n) is 15.2. The standard InChI is InChI=1S/C20H28N2O2S/c1-14(2)5-3-9-22-12-16-15(17-7-8-20(16,13-22)24-17)11-21-19(23)18-6-4-10-25-18/h4-6,10,15-17H,3,7-9,11-13H2,1-2H3,(H,21,23)/t15-,16+,17+,20+/m0/s1. The van der Waals surface area contributed by atoms with E-state index in [0.717, 1.165) is 43.9 Å². The van der Waals surface area contributed by atoms with E-state index in [1.54, 1.807) is 0 Å². The van der Waals surface area contributed by atoms with E-state index in [0.29, 0.717) is 17.9 Å². The fraction of sp³-hybridized carbons (Fsp3) is 0.650. The van der Waals surface area contributed by atoms with Crippen molar-refractivity contribution in [2.24, 2.45) is 11.8 Å². The molecule has 0 aliphatic carbocycles. The molecule has 4 heterocycles. The number of amides is 1. The lowest BCUT2D eigenvalue weighted by Crippen LogP contribution is -2.41. The highest BCUT2D eigenvalue weighted by Gasteiger charge is 2.62. The van der Waals surface area contributed by atoms with Crippen LogP contribution in [0, 0.1) is 11.8 Å². The molecule has 0 unspecified atom stereocenters. The van der Waals surface area contributed by atoms with Gasteiger partial charge in [0.15, 0.2) is 0 Å². The minimum Gasteiger partial charge on any atom is -0.370 e. The predicted octanol–water partition coefficient (Wildman–Crippen LogP) is 3.31. The van der Waals surface area contributed by atoms with Crippen molar-refractivity contribution in [3.8, 4) is 0 Å². The monoisotopic (exact) mass is 360 g/mol. The van der Waals surface area contributed by atoms with Crippen LogP contribution in [-0.2, 0) is 4.74 Å². The molecule has 3 aliphatic rings. The van der Waals surface area contributed by atoms with E-state index in [1.807, 2.05) is 17.5 Å². The number of allylic oxidation sites excluding steroid dienone is 1. The molecule has 1 N–H and O–H groups in total. The smallest absolute Gasteiger partial charge is 0.261 e. The molecule has 4 rings (SSSR count). The molecule has 4 atom stereocenters. The molecular formula is C20H28N2O2S. The third kappa shape index (κ3) is 3.29. The molecule has 0 saturated carbocycles. The minimum atomic E-state index is 0.0604. The SMILES string of the molecule is CC(C)=CCCN1C[C@@H]2[C@H](CNC(=O)c3cccs3)[C@H]3CC[C@]2(C1)O3. The van der Waals surface area contributed by atoms with Gasteiger partial charge in [-0.05, 0) is 44.6 Å². The van der Waals surface area contributed by atoms with Crippen LogP contribution in [0.5, 0.6) is 0 Å². The second kappa shape index (κ2) is 6.86. The lowest BCUT2D eigenvalue weighted by atomic mass is 9.73. The number of carbonyl (C=O) groups excluding carboxylic acids is 1. The van der Waals surface area contributed by atoms with Gasteiger partial charge in [0.1, 0.15) is 0 Å². The normalized spacial score (nSPS) is 33.4. The maximum Gasteiger partial charge on any atom is 0.261 e. The zero-order chi connectivity index (χ0) is 17.4. The van der Waals surface area contributed by atoms with Crippen molar-refractivity contribution in [3.05, 3.63) is 34.0 Å². The minimum absolute atomic E-state index is 0.0604. The van der Waals surface area contributed by atoms with E-state index in [9.17, 15) is 4.79 Å². The third-order valence-corrected chi connectivity index (χ3v) is 6.96. The Labute approximate surface area is 154 Å². The van der Waals surface area contributed by atoms with E-state index in [2.05, 4.69) is 30.1 Å². The molecule has 3 saturated heterocycles. The topological polar surface area (TPSA) is 41.6 Å². The van der Waals surface area contributed by atoms with E-state index in [4.69, 9.17) is 4.74 Å². The van der Waals surface area contributed by atoms with Crippen LogP contribution in [0.4, 0.5) is 0 Å². The summed E-state index contributed by atoms with van der Waals surface area (Å²) in [4.78, 5) is 15.6. The van der Waals surface area contributed by atoms with Crippen LogP contribution in [0.15, 0.2) is 29.2 Å². The molecule has 1 aromatic rings. The fourth-order valence-electron chi connectivity index (χ4n) is 4.97. The van der Waals surface area contributed by atoms with Crippen molar-refractivity contribution in [2.45, 2.75) is 44.8 Å². The largest absolute Gasteiger partial charge is 0.370 e. The van der Waals surface area contributed by atoms with Crippen molar-refractivity contribution in [1.82, 2.24) is 10.2 Å². The van der Waals surface area contributed by atoms with E-state index >= 15 is 0 Å². The quantitative estimate of drug-likeness (QED) is 0.792. The summed E-state index contributed by atoms with van der Waals surface area (Å²) >= 11 is 1.50. The van der Waals surface area contributed by atoms with Gasteiger partial charge < -0.3 is 10.1 Å². The first-order valence-corrected chi connectivity index (χ1v) is 10.3. The van der Waals surface area contributed by atoms with Gasteiger partial charge in [-0.3, -0.25) is 9.69 Å². The lowest BCUT2D eigenvalue weighted by molar-refractivity contribution is 0.00290. The number of carbonyl (C=O) groups is 1. The van der Waals surface area contributed by atoms with Crippen molar-refractivity contribution >= 4 is 17.2 Å². The van der Waals surface area contributed by atoms with Crippen LogP contribution in [0.1, 0.15) is 42.8 Å². The van der Waals surface area contributed by atoms with Gasteiger partial charge in [-0.25, -0.2) is 0 Å². The van der Waals surface area contributed by atoms with Crippen molar-refractivity contribution in [2.75, 3.05) is 26.2 Å². The third-order valence-electron chi connectivity index (χ3n) is 6.10. The van der Waals surface area contributed by atoms with E-state index < -0.39 is 0 Å². The summed E-state index contributed by atoms with van der Waals surface area (Å²) in [7, 11) is 0. The molecule has 3 aliphatic heterocycles. The Balaban J connectivity index is 1.36. The average molecular weight is 361 g/mol. The highest BCUT2D eigenvalue weighted by molar-refractivity contribution is 7.12. The molecule has 136 valence electrons. The number of hydrogen-bond donors (Lipinski definition) is 1. The van der Waals surface area contributed by atoms with Gasteiger partial charge in [0, 0.05) is 38.0 Å². The summed E-state index contributed by atoms with van der Waals surface area (Å²) in [5, 5.41) is 5.11. The Morgan fingerprint density at radius 2 is 2.40 bits per heavy atom. The Morgan fingerprint density at radius 3 is 3.16 bits per heavy atom. The Kier molecular flexibility index (Phi) is 4.73. The second-order valence-electron chi connectivity index (χ2n) is 8.02. The van der Waals surface area contributed by atoms with Gasteiger partial charge in [-0.1, -0.05) is 17.7 Å². The number of fused-ring (bicyclic) bond motifs is 1. The van der Waals surface area contributed by atoms with Gasteiger partial charge >= 0.3 is 0 Å². The van der Waals surface area contributed by atoms with Gasteiger partial charge in [-0.2, -0.15) is 0 Å². The predicted molar refractivity (Wildman–Crippen MR) is 101 cm³/mol. The van der Waals surface area contributed by atoms with Gasteiger partial charge in [0.2, 0.25) is 0 Å². The average Bonchev–Trinajstić information content (AvgIpc) is 3.32. The number of nitrogens with zero attached hydrogens (tertiary/aromatic N) is 1. The van der Waals surface area contributed by atoms with E-state index in [1.165, 1.54) is 23.3 Å². The highest BCUT2D eigenvalue weighted by Crippen LogP contribution is 2.54. The summed E-state index contributed by atoms with van der Waals surface area (Å²) in [5.74, 6) is 1.10. The first-order valence-electron chi connectivity index (χ1n) is 9.43. The molecule has 4 nitrogen and oxygen atoms in total. The van der Waals surface area contributed by atoms with Crippen LogP contribution in [0.25, 0.3) is 0 Å². The van der Waals surface area contributed by atoms with Crippen molar-refractivity contribution in [3.63, 3.8) is 0 Å². The van der Waals surface area contributed by atoms with Crippen LogP contribution >= 0.6 is 11.3 Å². The lowest BCUT2D eigenvalue weighted by Gasteiger charge is -2.29. The molecular weight excluding hydrogens is 332 g/mol. The second-order valence-corrected chi connectivity index (χ2v) is 8.97. The molecule has 0 aromatic carbocycles. The molecule has 0 radical (unpaired) electrons. The maximum absolute atomic E-state index is 12.3. The van der Waals surface area contributed by atoms with Gasteiger partial charge in [-0.15, -0.1) is 11.3 Å². The number of thiophene rings is 1. The Hall–Kier alpha value is -1.17. The molecule has 1 aromatic heterocycles. The summed E-state index contributed by atoms with van der Waals surface area (Å²) < 4.78 is 6.47. The maximum atomic E-state index is 12.3. The summed E-state index contributed by atoms with van der Waals surface area (Å²) in [6, 6.07) is 3.82. The van der Waals surface area contributed by atoms with E-state index in [-0.39, 0.29) is 11.5 Å². The van der Waals surface area contributed by atoms with Crippen LogP contribution < -0.4 is 5.32 Å².